The molecule has 0 fully saturated rings. The predicted molar refractivity (Wildman–Crippen MR) is 82.7 cm³/mol. The molecule has 1 atom stereocenters. The van der Waals surface area contributed by atoms with Gasteiger partial charge >= 0.3 is 0 Å². The summed E-state index contributed by atoms with van der Waals surface area (Å²) in [5, 5.41) is 0. The summed E-state index contributed by atoms with van der Waals surface area (Å²) in [6.45, 7) is 5.04. The van der Waals surface area contributed by atoms with Gasteiger partial charge in [-0.2, -0.15) is 0 Å². The first-order chi connectivity index (χ1) is 9.10. The lowest BCUT2D eigenvalue weighted by Crippen LogP contribution is -2.30. The molecule has 0 aliphatic rings. The Hall–Kier alpha value is -0.620. The molecule has 0 aliphatic carbocycles. The fourth-order valence-electron chi connectivity index (χ4n) is 1.85. The molecule has 0 amide bonds. The van der Waals surface area contributed by atoms with Crippen molar-refractivity contribution in [2.24, 2.45) is 5.73 Å². The van der Waals surface area contributed by atoms with Gasteiger partial charge in [-0.05, 0) is 24.6 Å². The van der Waals surface area contributed by atoms with Gasteiger partial charge in [-0.1, -0.05) is 22.0 Å². The quantitative estimate of drug-likeness (QED) is 0.795. The van der Waals surface area contributed by atoms with Crippen LogP contribution in [0.4, 0.5) is 5.69 Å². The highest BCUT2D eigenvalue weighted by atomic mass is 79.9. The Bertz CT molecular complexity index is 378. The first-order valence-corrected chi connectivity index (χ1v) is 7.17. The molecule has 1 rings (SSSR count). The number of hydrogen-bond donors (Lipinski definition) is 1. The molecule has 4 nitrogen and oxygen atoms in total. The first-order valence-electron chi connectivity index (χ1n) is 6.38. The summed E-state index contributed by atoms with van der Waals surface area (Å²) in [5.41, 5.74) is 8.17. The van der Waals surface area contributed by atoms with Gasteiger partial charge in [-0.15, -0.1) is 0 Å². The highest BCUT2D eigenvalue weighted by molar-refractivity contribution is 9.10. The van der Waals surface area contributed by atoms with E-state index in [1.54, 1.807) is 14.2 Å². The lowest BCUT2D eigenvalue weighted by atomic mass is 10.1. The Morgan fingerprint density at radius 2 is 1.79 bits per heavy atom. The maximum absolute atomic E-state index is 5.92. The first kappa shape index (κ1) is 16.4. The van der Waals surface area contributed by atoms with Crippen molar-refractivity contribution in [1.82, 2.24) is 0 Å². The molecule has 19 heavy (non-hydrogen) atoms. The summed E-state index contributed by atoms with van der Waals surface area (Å²) in [5.74, 6) is 0. The van der Waals surface area contributed by atoms with Crippen molar-refractivity contribution < 1.29 is 9.47 Å². The Labute approximate surface area is 124 Å². The SMILES string of the molecule is COCCN(CCOC)c1ccc([C@@H](C)N)c(Br)c1. The van der Waals surface area contributed by atoms with Crippen LogP contribution in [-0.2, 0) is 9.47 Å². The zero-order chi connectivity index (χ0) is 14.3. The Kier molecular flexibility index (Phi) is 7.38. The predicted octanol–water partition coefficient (Wildman–Crippen LogP) is 2.57. The van der Waals surface area contributed by atoms with Crippen molar-refractivity contribution in [2.75, 3.05) is 45.4 Å². The molecule has 0 saturated heterocycles. The van der Waals surface area contributed by atoms with Gasteiger partial charge < -0.3 is 20.1 Å². The highest BCUT2D eigenvalue weighted by Crippen LogP contribution is 2.27. The minimum Gasteiger partial charge on any atom is -0.383 e. The van der Waals surface area contributed by atoms with E-state index in [-0.39, 0.29) is 6.04 Å². The van der Waals surface area contributed by atoms with Crippen LogP contribution in [0.25, 0.3) is 0 Å². The molecular weight excluding hydrogens is 308 g/mol. The van der Waals surface area contributed by atoms with Crippen LogP contribution in [0.5, 0.6) is 0 Å². The molecule has 5 heteroatoms. The van der Waals surface area contributed by atoms with Gasteiger partial charge in [-0.3, -0.25) is 0 Å². The Morgan fingerprint density at radius 3 is 2.21 bits per heavy atom. The molecule has 0 heterocycles. The summed E-state index contributed by atoms with van der Waals surface area (Å²) < 4.78 is 11.3. The largest absolute Gasteiger partial charge is 0.383 e. The van der Waals surface area contributed by atoms with Crippen LogP contribution in [-0.4, -0.2) is 40.5 Å². The fourth-order valence-corrected chi connectivity index (χ4v) is 2.58. The van der Waals surface area contributed by atoms with Crippen LogP contribution in [0.3, 0.4) is 0 Å². The molecule has 0 bridgehead atoms. The number of halogens is 1. The number of anilines is 1. The second kappa shape index (κ2) is 8.53. The average Bonchev–Trinajstić information content (AvgIpc) is 2.38. The lowest BCUT2D eigenvalue weighted by molar-refractivity contribution is 0.190. The summed E-state index contributed by atoms with van der Waals surface area (Å²) in [4.78, 5) is 2.24. The standard InChI is InChI=1S/C14H23BrN2O2/c1-11(16)13-5-4-12(10-14(13)15)17(6-8-18-2)7-9-19-3/h4-5,10-11H,6-9,16H2,1-3H3/t11-/m1/s1. The lowest BCUT2D eigenvalue weighted by Gasteiger charge is -2.25. The third-order valence-corrected chi connectivity index (χ3v) is 3.66. The molecule has 0 unspecified atom stereocenters. The number of hydrogen-bond acceptors (Lipinski definition) is 4. The van der Waals surface area contributed by atoms with Gasteiger partial charge in [-0.25, -0.2) is 0 Å². The summed E-state index contributed by atoms with van der Waals surface area (Å²) in [6, 6.07) is 6.28. The number of nitrogens with two attached hydrogens (primary N) is 1. The normalized spacial score (nSPS) is 12.5. The van der Waals surface area contributed by atoms with Crippen molar-refractivity contribution in [3.05, 3.63) is 28.2 Å². The number of ether oxygens (including phenoxy) is 2. The van der Waals surface area contributed by atoms with E-state index < -0.39 is 0 Å². The van der Waals surface area contributed by atoms with Crippen LogP contribution < -0.4 is 10.6 Å². The second-order valence-electron chi connectivity index (χ2n) is 4.47. The van der Waals surface area contributed by atoms with Crippen LogP contribution in [0.2, 0.25) is 0 Å². The van der Waals surface area contributed by atoms with E-state index in [1.165, 1.54) is 0 Å². The maximum atomic E-state index is 5.92. The van der Waals surface area contributed by atoms with Gasteiger partial charge in [0.1, 0.15) is 0 Å². The fraction of sp³-hybridized carbons (Fsp3) is 0.571. The van der Waals surface area contributed by atoms with E-state index in [0.717, 1.165) is 28.8 Å². The minimum absolute atomic E-state index is 0.0230. The zero-order valence-corrected chi connectivity index (χ0v) is 13.4. The molecule has 0 saturated carbocycles. The summed E-state index contributed by atoms with van der Waals surface area (Å²) >= 11 is 3.58. The van der Waals surface area contributed by atoms with Gasteiger partial charge in [0.2, 0.25) is 0 Å². The molecule has 0 aliphatic heterocycles. The average molecular weight is 331 g/mol. The number of methoxy groups -OCH3 is 2. The number of rotatable bonds is 8. The van der Waals surface area contributed by atoms with Crippen molar-refractivity contribution in [3.63, 3.8) is 0 Å². The Balaban J connectivity index is 2.85. The van der Waals surface area contributed by atoms with Gasteiger partial charge in [0, 0.05) is 43.5 Å². The molecule has 2 N–H and O–H groups in total. The smallest absolute Gasteiger partial charge is 0.0637 e. The summed E-state index contributed by atoms with van der Waals surface area (Å²) in [6.07, 6.45) is 0. The van der Waals surface area contributed by atoms with E-state index in [0.29, 0.717) is 13.2 Å². The van der Waals surface area contributed by atoms with Crippen molar-refractivity contribution in [1.29, 1.82) is 0 Å². The highest BCUT2D eigenvalue weighted by Gasteiger charge is 2.10. The molecular formula is C14H23BrN2O2. The van der Waals surface area contributed by atoms with Crippen LogP contribution in [0.15, 0.2) is 22.7 Å². The van der Waals surface area contributed by atoms with Crippen LogP contribution >= 0.6 is 15.9 Å². The van der Waals surface area contributed by atoms with E-state index in [9.17, 15) is 0 Å². The zero-order valence-electron chi connectivity index (χ0n) is 11.9. The topological polar surface area (TPSA) is 47.7 Å². The maximum Gasteiger partial charge on any atom is 0.0637 e. The van der Waals surface area contributed by atoms with Gasteiger partial charge in [0.25, 0.3) is 0 Å². The van der Waals surface area contributed by atoms with Gasteiger partial charge in [0.15, 0.2) is 0 Å². The van der Waals surface area contributed by atoms with Crippen LogP contribution in [0, 0.1) is 0 Å². The minimum atomic E-state index is 0.0230. The third-order valence-electron chi connectivity index (χ3n) is 2.97. The monoisotopic (exact) mass is 330 g/mol. The molecule has 1 aromatic carbocycles. The second-order valence-corrected chi connectivity index (χ2v) is 5.32. The third kappa shape index (κ3) is 5.10. The van der Waals surface area contributed by atoms with Crippen molar-refractivity contribution >= 4 is 21.6 Å². The molecule has 1 aromatic rings. The van der Waals surface area contributed by atoms with Crippen molar-refractivity contribution in [2.45, 2.75) is 13.0 Å². The number of nitrogens with zero attached hydrogens (tertiary/aromatic N) is 1. The van der Waals surface area contributed by atoms with Gasteiger partial charge in [0.05, 0.1) is 13.2 Å². The van der Waals surface area contributed by atoms with E-state index in [4.69, 9.17) is 15.2 Å². The van der Waals surface area contributed by atoms with Crippen LogP contribution in [0.1, 0.15) is 18.5 Å². The molecule has 108 valence electrons. The number of benzene rings is 1. The van der Waals surface area contributed by atoms with E-state index in [1.807, 2.05) is 6.92 Å². The van der Waals surface area contributed by atoms with E-state index in [2.05, 4.69) is 39.0 Å². The van der Waals surface area contributed by atoms with Crippen molar-refractivity contribution in [3.8, 4) is 0 Å². The van der Waals surface area contributed by atoms with E-state index >= 15 is 0 Å². The molecule has 0 aromatic heterocycles. The molecule has 0 spiro atoms. The molecule has 0 radical (unpaired) electrons. The Morgan fingerprint density at radius 1 is 1.21 bits per heavy atom. The summed E-state index contributed by atoms with van der Waals surface area (Å²) in [7, 11) is 3.42.